The normalized spacial score (nSPS) is 20.6. The van der Waals surface area contributed by atoms with Crippen LogP contribution in [0.4, 0.5) is 4.79 Å². The SMILES string of the molecule is Cc1ccccc1[C@H]1S[C@H](C)C(=O)N1CCN(C)C(=O)NC(C)C. The molecule has 1 aromatic rings. The topological polar surface area (TPSA) is 52.7 Å². The smallest absolute Gasteiger partial charge is 0.317 e. The van der Waals surface area contributed by atoms with Crippen LogP contribution < -0.4 is 5.32 Å². The average Bonchev–Trinajstić information content (AvgIpc) is 2.80. The summed E-state index contributed by atoms with van der Waals surface area (Å²) in [5.74, 6) is 0.144. The third-order valence-electron chi connectivity index (χ3n) is 4.14. The van der Waals surface area contributed by atoms with Gasteiger partial charge in [-0.2, -0.15) is 0 Å². The Bertz CT molecular complexity index is 606. The number of amides is 3. The summed E-state index contributed by atoms with van der Waals surface area (Å²) in [4.78, 5) is 28.1. The molecule has 2 atom stereocenters. The number of benzene rings is 1. The summed E-state index contributed by atoms with van der Waals surface area (Å²) in [5, 5.41) is 2.84. The Morgan fingerprint density at radius 2 is 2.04 bits per heavy atom. The van der Waals surface area contributed by atoms with Crippen molar-refractivity contribution >= 4 is 23.7 Å². The van der Waals surface area contributed by atoms with Gasteiger partial charge in [-0.05, 0) is 38.8 Å². The van der Waals surface area contributed by atoms with E-state index in [-0.39, 0.29) is 28.6 Å². The molecule has 1 N–H and O–H groups in total. The molecule has 0 unspecified atom stereocenters. The van der Waals surface area contributed by atoms with Gasteiger partial charge in [-0.25, -0.2) is 4.79 Å². The van der Waals surface area contributed by atoms with Crippen molar-refractivity contribution in [2.45, 2.75) is 44.4 Å². The van der Waals surface area contributed by atoms with Crippen molar-refractivity contribution in [3.05, 3.63) is 35.4 Å². The molecule has 0 aliphatic carbocycles. The lowest BCUT2D eigenvalue weighted by Crippen LogP contribution is -2.44. The third-order valence-corrected chi connectivity index (χ3v) is 5.51. The fourth-order valence-electron chi connectivity index (χ4n) is 2.72. The maximum absolute atomic E-state index is 12.5. The van der Waals surface area contributed by atoms with Crippen molar-refractivity contribution in [3.8, 4) is 0 Å². The van der Waals surface area contributed by atoms with Crippen molar-refractivity contribution in [2.75, 3.05) is 20.1 Å². The molecule has 3 amide bonds. The van der Waals surface area contributed by atoms with Crippen molar-refractivity contribution in [1.29, 1.82) is 0 Å². The molecule has 0 bridgehead atoms. The summed E-state index contributed by atoms with van der Waals surface area (Å²) in [7, 11) is 1.76. The number of urea groups is 1. The molecule has 1 heterocycles. The number of likely N-dealkylation sites (N-methyl/N-ethyl adjacent to an activating group) is 1. The number of rotatable bonds is 5. The first-order chi connectivity index (χ1) is 11.3. The number of thioether (sulfide) groups is 1. The molecule has 0 radical (unpaired) electrons. The second-order valence-electron chi connectivity index (χ2n) is 6.54. The van der Waals surface area contributed by atoms with Gasteiger partial charge in [-0.15, -0.1) is 11.8 Å². The van der Waals surface area contributed by atoms with Crippen LogP contribution in [-0.2, 0) is 4.79 Å². The van der Waals surface area contributed by atoms with Crippen LogP contribution in [0.25, 0.3) is 0 Å². The third kappa shape index (κ3) is 4.23. The van der Waals surface area contributed by atoms with E-state index in [4.69, 9.17) is 0 Å². The van der Waals surface area contributed by atoms with Crippen LogP contribution in [0.5, 0.6) is 0 Å². The minimum atomic E-state index is -0.107. The predicted octanol–water partition coefficient (Wildman–Crippen LogP) is 3.01. The van der Waals surface area contributed by atoms with Gasteiger partial charge in [0.2, 0.25) is 5.91 Å². The van der Waals surface area contributed by atoms with Gasteiger partial charge in [-0.1, -0.05) is 24.3 Å². The minimum Gasteiger partial charge on any atom is -0.336 e. The first-order valence-corrected chi connectivity index (χ1v) is 9.28. The first-order valence-electron chi connectivity index (χ1n) is 8.34. The quantitative estimate of drug-likeness (QED) is 0.889. The summed E-state index contributed by atoms with van der Waals surface area (Å²) in [6.07, 6.45) is 0. The fourth-order valence-corrected chi connectivity index (χ4v) is 4.13. The minimum absolute atomic E-state index is 0.0234. The van der Waals surface area contributed by atoms with Gasteiger partial charge in [0, 0.05) is 26.2 Å². The molecule has 24 heavy (non-hydrogen) atoms. The first kappa shape index (κ1) is 18.6. The Balaban J connectivity index is 2.07. The monoisotopic (exact) mass is 349 g/mol. The zero-order valence-electron chi connectivity index (χ0n) is 15.1. The van der Waals surface area contributed by atoms with Crippen LogP contribution in [0.2, 0.25) is 0 Å². The van der Waals surface area contributed by atoms with Crippen LogP contribution in [0.15, 0.2) is 24.3 Å². The number of hydrogen-bond donors (Lipinski definition) is 1. The summed E-state index contributed by atoms with van der Waals surface area (Å²) in [6.45, 7) is 8.94. The Labute approximate surface area is 148 Å². The number of aryl methyl sites for hydroxylation is 1. The Morgan fingerprint density at radius 3 is 2.67 bits per heavy atom. The molecule has 1 fully saturated rings. The van der Waals surface area contributed by atoms with Gasteiger partial charge >= 0.3 is 6.03 Å². The summed E-state index contributed by atoms with van der Waals surface area (Å²) in [6, 6.07) is 8.17. The Morgan fingerprint density at radius 1 is 1.38 bits per heavy atom. The molecule has 6 heteroatoms. The van der Waals surface area contributed by atoms with E-state index >= 15 is 0 Å². The van der Waals surface area contributed by atoms with Crippen molar-refractivity contribution in [2.24, 2.45) is 0 Å². The van der Waals surface area contributed by atoms with Gasteiger partial charge in [0.1, 0.15) is 5.37 Å². The Hall–Kier alpha value is -1.69. The molecule has 1 saturated heterocycles. The summed E-state index contributed by atoms with van der Waals surface area (Å²) < 4.78 is 0. The van der Waals surface area contributed by atoms with E-state index in [1.807, 2.05) is 37.8 Å². The second kappa shape index (κ2) is 7.92. The maximum Gasteiger partial charge on any atom is 0.317 e. The molecule has 1 aliphatic heterocycles. The van der Waals surface area contributed by atoms with Gasteiger partial charge in [0.15, 0.2) is 0 Å². The summed E-state index contributed by atoms with van der Waals surface area (Å²) in [5.41, 5.74) is 2.36. The van der Waals surface area contributed by atoms with E-state index in [1.165, 1.54) is 11.1 Å². The summed E-state index contributed by atoms with van der Waals surface area (Å²) >= 11 is 1.68. The van der Waals surface area contributed by atoms with Gasteiger partial charge < -0.3 is 15.1 Å². The largest absolute Gasteiger partial charge is 0.336 e. The van der Waals surface area contributed by atoms with E-state index in [0.29, 0.717) is 13.1 Å². The van der Waals surface area contributed by atoms with E-state index < -0.39 is 0 Å². The average molecular weight is 350 g/mol. The Kier molecular flexibility index (Phi) is 6.15. The zero-order valence-corrected chi connectivity index (χ0v) is 15.9. The van der Waals surface area contributed by atoms with E-state index in [2.05, 4.69) is 24.4 Å². The highest BCUT2D eigenvalue weighted by molar-refractivity contribution is 8.01. The number of carbonyl (C=O) groups excluding carboxylic acids is 2. The highest BCUT2D eigenvalue weighted by atomic mass is 32.2. The number of carbonyl (C=O) groups is 2. The second-order valence-corrected chi connectivity index (χ2v) is 7.97. The number of nitrogens with zero attached hydrogens (tertiary/aromatic N) is 2. The number of nitrogens with one attached hydrogen (secondary N) is 1. The standard InChI is InChI=1S/C18H27N3O2S/c1-12(2)19-18(23)20(5)10-11-21-16(22)14(4)24-17(21)15-9-7-6-8-13(15)3/h6-9,12,14,17H,10-11H2,1-5H3,(H,19,23)/t14-,17-/m1/s1. The molecule has 0 aromatic heterocycles. The van der Waals surface area contributed by atoms with Gasteiger partial charge in [0.25, 0.3) is 0 Å². The molecule has 1 aromatic carbocycles. The molecule has 1 aliphatic rings. The highest BCUT2D eigenvalue weighted by Crippen LogP contribution is 2.43. The van der Waals surface area contributed by atoms with Crippen molar-refractivity contribution in [1.82, 2.24) is 15.1 Å². The molecular weight excluding hydrogens is 322 g/mol. The zero-order chi connectivity index (χ0) is 17.9. The molecule has 2 rings (SSSR count). The van der Waals surface area contributed by atoms with Crippen molar-refractivity contribution in [3.63, 3.8) is 0 Å². The fraction of sp³-hybridized carbons (Fsp3) is 0.556. The predicted molar refractivity (Wildman–Crippen MR) is 99.0 cm³/mol. The van der Waals surface area contributed by atoms with E-state index in [0.717, 1.165) is 0 Å². The molecule has 0 saturated carbocycles. The maximum atomic E-state index is 12.5. The lowest BCUT2D eigenvalue weighted by molar-refractivity contribution is -0.129. The molecule has 5 nitrogen and oxygen atoms in total. The lowest BCUT2D eigenvalue weighted by atomic mass is 10.1. The van der Waals surface area contributed by atoms with Gasteiger partial charge in [-0.3, -0.25) is 4.79 Å². The highest BCUT2D eigenvalue weighted by Gasteiger charge is 2.38. The molecule has 0 spiro atoms. The van der Waals surface area contributed by atoms with Gasteiger partial charge in [0.05, 0.1) is 5.25 Å². The van der Waals surface area contributed by atoms with Crippen LogP contribution >= 0.6 is 11.8 Å². The van der Waals surface area contributed by atoms with Crippen LogP contribution in [0, 0.1) is 6.92 Å². The van der Waals surface area contributed by atoms with E-state index in [1.54, 1.807) is 23.7 Å². The van der Waals surface area contributed by atoms with Crippen molar-refractivity contribution < 1.29 is 9.59 Å². The number of hydrogen-bond acceptors (Lipinski definition) is 3. The van der Waals surface area contributed by atoms with Crippen LogP contribution in [0.3, 0.4) is 0 Å². The van der Waals surface area contributed by atoms with E-state index in [9.17, 15) is 9.59 Å². The molecule has 132 valence electrons. The lowest BCUT2D eigenvalue weighted by Gasteiger charge is -2.28. The van der Waals surface area contributed by atoms with Crippen LogP contribution in [0.1, 0.15) is 37.3 Å². The molecular formula is C18H27N3O2S. The van der Waals surface area contributed by atoms with Crippen LogP contribution in [-0.4, -0.2) is 53.2 Å².